The maximum absolute atomic E-state index is 12.7. The molecule has 0 saturated heterocycles. The van der Waals surface area contributed by atoms with Gasteiger partial charge in [0.25, 0.3) is 5.91 Å². The first kappa shape index (κ1) is 16.9. The summed E-state index contributed by atoms with van der Waals surface area (Å²) in [5.74, 6) is -0.238. The van der Waals surface area contributed by atoms with Crippen LogP contribution in [0.3, 0.4) is 0 Å². The van der Waals surface area contributed by atoms with Crippen LogP contribution < -0.4 is 0 Å². The van der Waals surface area contributed by atoms with Gasteiger partial charge in [0.05, 0.1) is 18.4 Å². The maximum Gasteiger partial charge on any atom is 0.281 e. The van der Waals surface area contributed by atoms with Crippen molar-refractivity contribution < 1.29 is 9.63 Å². The SMILES string of the molecule is CON(C)C(=O)c1cn(-c2ccccc2)nc1-c1ccc(C)c(C)c1. The third kappa shape index (κ3) is 3.32. The molecule has 3 aromatic rings. The summed E-state index contributed by atoms with van der Waals surface area (Å²) in [5.41, 5.74) is 5.30. The van der Waals surface area contributed by atoms with E-state index in [4.69, 9.17) is 4.84 Å². The molecule has 0 atom stereocenters. The molecule has 1 amide bonds. The lowest BCUT2D eigenvalue weighted by Crippen LogP contribution is -2.25. The summed E-state index contributed by atoms with van der Waals surface area (Å²) in [4.78, 5) is 17.8. The molecule has 128 valence electrons. The van der Waals surface area contributed by atoms with Crippen LogP contribution in [0.2, 0.25) is 0 Å². The number of para-hydroxylation sites is 1. The third-order valence-corrected chi connectivity index (χ3v) is 4.31. The van der Waals surface area contributed by atoms with Crippen molar-refractivity contribution in [3.8, 4) is 16.9 Å². The number of aryl methyl sites for hydroxylation is 2. The number of hydroxylamine groups is 2. The van der Waals surface area contributed by atoms with Crippen LogP contribution in [0.15, 0.2) is 54.7 Å². The second-order valence-corrected chi connectivity index (χ2v) is 5.96. The molecule has 0 spiro atoms. The van der Waals surface area contributed by atoms with Gasteiger partial charge in [0.1, 0.15) is 5.69 Å². The highest BCUT2D eigenvalue weighted by molar-refractivity contribution is 5.99. The topological polar surface area (TPSA) is 47.4 Å². The highest BCUT2D eigenvalue weighted by Crippen LogP contribution is 2.26. The Labute approximate surface area is 147 Å². The van der Waals surface area contributed by atoms with E-state index in [0.29, 0.717) is 11.3 Å². The Morgan fingerprint density at radius 1 is 1.08 bits per heavy atom. The number of carbonyl (C=O) groups excluding carboxylic acids is 1. The lowest BCUT2D eigenvalue weighted by molar-refractivity contribution is -0.0756. The highest BCUT2D eigenvalue weighted by atomic mass is 16.7. The molecule has 2 aromatic carbocycles. The minimum Gasteiger partial charge on any atom is -0.274 e. The predicted octanol–water partition coefficient (Wildman–Crippen LogP) is 3.79. The van der Waals surface area contributed by atoms with Gasteiger partial charge in [-0.2, -0.15) is 5.10 Å². The van der Waals surface area contributed by atoms with Gasteiger partial charge in [0.15, 0.2) is 0 Å². The van der Waals surface area contributed by atoms with Crippen molar-refractivity contribution in [3.63, 3.8) is 0 Å². The van der Waals surface area contributed by atoms with E-state index in [0.717, 1.165) is 16.8 Å². The molecule has 0 radical (unpaired) electrons. The molecule has 0 aliphatic carbocycles. The van der Waals surface area contributed by atoms with Crippen LogP contribution in [0.1, 0.15) is 21.5 Å². The van der Waals surface area contributed by atoms with Crippen LogP contribution in [0, 0.1) is 13.8 Å². The van der Waals surface area contributed by atoms with E-state index in [1.165, 1.54) is 17.7 Å². The minimum absolute atomic E-state index is 0.238. The number of hydrogen-bond donors (Lipinski definition) is 0. The van der Waals surface area contributed by atoms with Gasteiger partial charge >= 0.3 is 0 Å². The largest absolute Gasteiger partial charge is 0.281 e. The molecular formula is C20H21N3O2. The van der Waals surface area contributed by atoms with E-state index in [2.05, 4.69) is 25.0 Å². The van der Waals surface area contributed by atoms with Gasteiger partial charge in [0, 0.05) is 18.8 Å². The standard InChI is InChI=1S/C20H21N3O2/c1-14-10-11-16(12-15(14)2)19-18(20(24)22(3)25-4)13-23(21-19)17-8-6-5-7-9-17/h5-13H,1-4H3. The number of carbonyl (C=O) groups is 1. The fourth-order valence-electron chi connectivity index (χ4n) is 2.60. The zero-order chi connectivity index (χ0) is 18.0. The lowest BCUT2D eigenvalue weighted by Gasteiger charge is -2.13. The van der Waals surface area contributed by atoms with E-state index in [1.54, 1.807) is 17.9 Å². The molecule has 1 aromatic heterocycles. The fraction of sp³-hybridized carbons (Fsp3) is 0.200. The smallest absolute Gasteiger partial charge is 0.274 e. The molecule has 5 heteroatoms. The van der Waals surface area contributed by atoms with E-state index >= 15 is 0 Å². The van der Waals surface area contributed by atoms with Crippen LogP contribution in [-0.2, 0) is 4.84 Å². The molecule has 0 fully saturated rings. The monoisotopic (exact) mass is 335 g/mol. The molecular weight excluding hydrogens is 314 g/mol. The lowest BCUT2D eigenvalue weighted by atomic mass is 10.0. The zero-order valence-electron chi connectivity index (χ0n) is 14.9. The van der Waals surface area contributed by atoms with E-state index in [-0.39, 0.29) is 5.91 Å². The van der Waals surface area contributed by atoms with Gasteiger partial charge in [-0.25, -0.2) is 9.75 Å². The van der Waals surface area contributed by atoms with Crippen molar-refractivity contribution >= 4 is 5.91 Å². The maximum atomic E-state index is 12.7. The number of amides is 1. The fourth-order valence-corrected chi connectivity index (χ4v) is 2.60. The summed E-state index contributed by atoms with van der Waals surface area (Å²) in [6.45, 7) is 4.11. The van der Waals surface area contributed by atoms with Gasteiger partial charge in [-0.05, 0) is 43.2 Å². The second-order valence-electron chi connectivity index (χ2n) is 5.96. The predicted molar refractivity (Wildman–Crippen MR) is 97.6 cm³/mol. The first-order chi connectivity index (χ1) is 12.0. The Morgan fingerprint density at radius 2 is 1.80 bits per heavy atom. The summed E-state index contributed by atoms with van der Waals surface area (Å²) < 4.78 is 1.72. The zero-order valence-corrected chi connectivity index (χ0v) is 14.9. The Balaban J connectivity index is 2.16. The minimum atomic E-state index is -0.238. The van der Waals surface area contributed by atoms with Crippen molar-refractivity contribution in [2.75, 3.05) is 14.2 Å². The Kier molecular flexibility index (Phi) is 4.67. The molecule has 0 bridgehead atoms. The number of rotatable bonds is 4. The van der Waals surface area contributed by atoms with Gasteiger partial charge in [-0.1, -0.05) is 30.3 Å². The average Bonchev–Trinajstić information content (AvgIpc) is 3.08. The summed E-state index contributed by atoms with van der Waals surface area (Å²) in [6.07, 6.45) is 1.75. The summed E-state index contributed by atoms with van der Waals surface area (Å²) in [7, 11) is 3.06. The van der Waals surface area contributed by atoms with Crippen molar-refractivity contribution in [2.45, 2.75) is 13.8 Å². The van der Waals surface area contributed by atoms with E-state index in [1.807, 2.05) is 42.5 Å². The molecule has 1 heterocycles. The quantitative estimate of drug-likeness (QED) is 0.682. The van der Waals surface area contributed by atoms with Crippen LogP contribution >= 0.6 is 0 Å². The van der Waals surface area contributed by atoms with Crippen molar-refractivity contribution in [2.24, 2.45) is 0 Å². The average molecular weight is 335 g/mol. The van der Waals surface area contributed by atoms with E-state index < -0.39 is 0 Å². The normalized spacial score (nSPS) is 10.7. The summed E-state index contributed by atoms with van der Waals surface area (Å²) in [5, 5.41) is 5.88. The number of nitrogens with zero attached hydrogens (tertiary/aromatic N) is 3. The van der Waals surface area contributed by atoms with Gasteiger partial charge in [-0.15, -0.1) is 0 Å². The molecule has 0 N–H and O–H groups in total. The Bertz CT molecular complexity index is 901. The van der Waals surface area contributed by atoms with Gasteiger partial charge in [0.2, 0.25) is 0 Å². The van der Waals surface area contributed by atoms with Crippen LogP contribution in [0.4, 0.5) is 0 Å². The molecule has 0 saturated carbocycles. The van der Waals surface area contributed by atoms with E-state index in [9.17, 15) is 4.79 Å². The first-order valence-corrected chi connectivity index (χ1v) is 8.06. The summed E-state index contributed by atoms with van der Waals surface area (Å²) >= 11 is 0. The summed E-state index contributed by atoms with van der Waals surface area (Å²) in [6, 6.07) is 15.8. The Morgan fingerprint density at radius 3 is 2.44 bits per heavy atom. The highest BCUT2D eigenvalue weighted by Gasteiger charge is 2.22. The van der Waals surface area contributed by atoms with Crippen LogP contribution in [0.5, 0.6) is 0 Å². The Hall–Kier alpha value is -2.92. The molecule has 0 aliphatic rings. The molecule has 0 aliphatic heterocycles. The second kappa shape index (κ2) is 6.91. The molecule has 3 rings (SSSR count). The van der Waals surface area contributed by atoms with Gasteiger partial charge < -0.3 is 0 Å². The van der Waals surface area contributed by atoms with Crippen molar-refractivity contribution in [1.82, 2.24) is 14.8 Å². The molecule has 5 nitrogen and oxygen atoms in total. The third-order valence-electron chi connectivity index (χ3n) is 4.31. The molecule has 25 heavy (non-hydrogen) atoms. The number of benzene rings is 2. The van der Waals surface area contributed by atoms with Crippen LogP contribution in [0.25, 0.3) is 16.9 Å². The van der Waals surface area contributed by atoms with Crippen LogP contribution in [-0.4, -0.2) is 34.9 Å². The number of hydrogen-bond acceptors (Lipinski definition) is 3. The van der Waals surface area contributed by atoms with Crippen molar-refractivity contribution in [1.29, 1.82) is 0 Å². The van der Waals surface area contributed by atoms with Gasteiger partial charge in [-0.3, -0.25) is 9.63 Å². The van der Waals surface area contributed by atoms with Crippen molar-refractivity contribution in [3.05, 3.63) is 71.4 Å². The number of aromatic nitrogens is 2. The molecule has 0 unspecified atom stereocenters. The first-order valence-electron chi connectivity index (χ1n) is 8.06.